The third kappa shape index (κ3) is 17.8. The molecular weight excluding hydrogens is 384 g/mol. The fourth-order valence-corrected chi connectivity index (χ4v) is 3.37. The second kappa shape index (κ2) is 18.8. The molecular formula is C20H42O7S. The molecule has 2 atom stereocenters. The van der Waals surface area contributed by atoms with Gasteiger partial charge >= 0.3 is 10.4 Å². The van der Waals surface area contributed by atoms with E-state index in [9.17, 15) is 8.42 Å². The third-order valence-electron chi connectivity index (χ3n) is 4.64. The van der Waals surface area contributed by atoms with Crippen molar-refractivity contribution in [2.75, 3.05) is 26.4 Å². The minimum atomic E-state index is -4.55. The molecule has 0 saturated carbocycles. The van der Waals surface area contributed by atoms with Crippen LogP contribution in [0.15, 0.2) is 0 Å². The molecule has 0 bridgehead atoms. The van der Waals surface area contributed by atoms with Crippen LogP contribution < -0.4 is 0 Å². The van der Waals surface area contributed by atoms with Crippen LogP contribution in [0.25, 0.3) is 0 Å². The quantitative estimate of drug-likeness (QED) is 0.208. The number of hydrogen-bond donors (Lipinski definition) is 2. The van der Waals surface area contributed by atoms with E-state index in [0.29, 0.717) is 6.61 Å². The zero-order chi connectivity index (χ0) is 21.1. The van der Waals surface area contributed by atoms with E-state index in [1.165, 1.54) is 38.5 Å². The molecule has 0 aromatic heterocycles. The Morgan fingerprint density at radius 1 is 0.750 bits per heavy atom. The molecule has 0 aromatic rings. The first-order valence-electron chi connectivity index (χ1n) is 10.9. The van der Waals surface area contributed by atoms with Gasteiger partial charge in [0.05, 0.1) is 25.9 Å². The average Bonchev–Trinajstić information content (AvgIpc) is 2.65. The first kappa shape index (κ1) is 27.8. The van der Waals surface area contributed by atoms with Crippen LogP contribution >= 0.6 is 0 Å². The van der Waals surface area contributed by atoms with E-state index in [1.807, 2.05) is 0 Å². The highest BCUT2D eigenvalue weighted by Gasteiger charge is 2.25. The maximum Gasteiger partial charge on any atom is 0.397 e. The monoisotopic (exact) mass is 426 g/mol. The molecule has 170 valence electrons. The molecule has 0 saturated heterocycles. The average molecular weight is 427 g/mol. The molecule has 0 aromatic carbocycles. The summed E-state index contributed by atoms with van der Waals surface area (Å²) in [5.41, 5.74) is 0. The van der Waals surface area contributed by atoms with Crippen molar-refractivity contribution in [1.29, 1.82) is 0 Å². The number of aliphatic hydroxyl groups is 1. The third-order valence-corrected chi connectivity index (χ3v) is 5.08. The van der Waals surface area contributed by atoms with Gasteiger partial charge in [-0.2, -0.15) is 8.42 Å². The lowest BCUT2D eigenvalue weighted by Gasteiger charge is -2.27. The van der Waals surface area contributed by atoms with Gasteiger partial charge in [-0.05, 0) is 12.8 Å². The van der Waals surface area contributed by atoms with Crippen molar-refractivity contribution in [2.45, 2.75) is 103 Å². The molecule has 0 aliphatic carbocycles. The first-order chi connectivity index (χ1) is 13.4. The van der Waals surface area contributed by atoms with E-state index in [0.717, 1.165) is 38.5 Å². The lowest BCUT2D eigenvalue weighted by molar-refractivity contribution is -0.0981. The summed E-state index contributed by atoms with van der Waals surface area (Å²) in [6, 6.07) is 0. The van der Waals surface area contributed by atoms with Gasteiger partial charge in [-0.25, -0.2) is 4.18 Å². The van der Waals surface area contributed by atoms with Crippen molar-refractivity contribution in [2.24, 2.45) is 0 Å². The Morgan fingerprint density at radius 3 is 1.86 bits per heavy atom. The molecule has 2 N–H and O–H groups in total. The highest BCUT2D eigenvalue weighted by molar-refractivity contribution is 7.80. The topological polar surface area (TPSA) is 102 Å². The summed E-state index contributed by atoms with van der Waals surface area (Å²) in [5.74, 6) is 0. The van der Waals surface area contributed by atoms with Crippen LogP contribution in [0.2, 0.25) is 0 Å². The molecule has 8 heteroatoms. The van der Waals surface area contributed by atoms with Crippen LogP contribution in [-0.2, 0) is 24.1 Å². The van der Waals surface area contributed by atoms with Crippen molar-refractivity contribution >= 4 is 10.4 Å². The van der Waals surface area contributed by atoms with Gasteiger partial charge in [0.1, 0.15) is 6.10 Å². The van der Waals surface area contributed by atoms with Gasteiger partial charge < -0.3 is 14.6 Å². The van der Waals surface area contributed by atoms with Gasteiger partial charge in [0.25, 0.3) is 0 Å². The summed E-state index contributed by atoms with van der Waals surface area (Å²) >= 11 is 0. The molecule has 0 aliphatic heterocycles. The molecule has 7 nitrogen and oxygen atoms in total. The first-order valence-corrected chi connectivity index (χ1v) is 12.3. The Bertz CT molecular complexity index is 428. The number of rotatable bonds is 21. The second-order valence-electron chi connectivity index (χ2n) is 7.22. The molecule has 0 radical (unpaired) electrons. The van der Waals surface area contributed by atoms with Gasteiger partial charge in [-0.3, -0.25) is 4.55 Å². The van der Waals surface area contributed by atoms with Crippen molar-refractivity contribution in [3.63, 3.8) is 0 Å². The van der Waals surface area contributed by atoms with E-state index in [1.54, 1.807) is 0 Å². The van der Waals surface area contributed by atoms with Crippen LogP contribution in [0.3, 0.4) is 0 Å². The summed E-state index contributed by atoms with van der Waals surface area (Å²) in [5, 5.41) is 9.04. The minimum Gasteiger partial charge on any atom is -0.394 e. The normalized spacial score (nSPS) is 14.3. The van der Waals surface area contributed by atoms with E-state index in [-0.39, 0.29) is 25.9 Å². The lowest BCUT2D eigenvalue weighted by Crippen LogP contribution is -2.37. The Balaban J connectivity index is 4.57. The van der Waals surface area contributed by atoms with Crippen molar-refractivity contribution in [3.8, 4) is 0 Å². The Kier molecular flexibility index (Phi) is 18.6. The lowest BCUT2D eigenvalue weighted by atomic mass is 10.0. The van der Waals surface area contributed by atoms with Gasteiger partial charge in [-0.15, -0.1) is 0 Å². The largest absolute Gasteiger partial charge is 0.397 e. The van der Waals surface area contributed by atoms with Gasteiger partial charge in [0, 0.05) is 6.61 Å². The van der Waals surface area contributed by atoms with Crippen LogP contribution in [0, 0.1) is 0 Å². The zero-order valence-electron chi connectivity index (χ0n) is 17.8. The molecule has 2 unspecified atom stereocenters. The van der Waals surface area contributed by atoms with Gasteiger partial charge in [0.15, 0.2) is 0 Å². The highest BCUT2D eigenvalue weighted by Crippen LogP contribution is 2.17. The van der Waals surface area contributed by atoms with Crippen LogP contribution in [-0.4, -0.2) is 56.7 Å². The SMILES string of the molecule is CCCCCCCCOC(CCCCCCC)C(COS(=O)(=O)O)OCCO. The summed E-state index contributed by atoms with van der Waals surface area (Å²) in [6.45, 7) is 4.49. The molecule has 0 aliphatic rings. The molecule has 0 spiro atoms. The Morgan fingerprint density at radius 2 is 1.29 bits per heavy atom. The summed E-state index contributed by atoms with van der Waals surface area (Å²) in [4.78, 5) is 0. The number of ether oxygens (including phenoxy) is 2. The molecule has 0 fully saturated rings. The fraction of sp³-hybridized carbons (Fsp3) is 1.00. The van der Waals surface area contributed by atoms with Gasteiger partial charge in [-0.1, -0.05) is 78.1 Å². The predicted molar refractivity (Wildman–Crippen MR) is 111 cm³/mol. The summed E-state index contributed by atoms with van der Waals surface area (Å²) in [7, 11) is -4.55. The Labute approximate surface area is 172 Å². The van der Waals surface area contributed by atoms with Crippen molar-refractivity contribution in [3.05, 3.63) is 0 Å². The van der Waals surface area contributed by atoms with Crippen LogP contribution in [0.5, 0.6) is 0 Å². The number of unbranched alkanes of at least 4 members (excludes halogenated alkanes) is 9. The fourth-order valence-electron chi connectivity index (χ4n) is 3.06. The summed E-state index contributed by atoms with van der Waals surface area (Å²) < 4.78 is 46.8. The van der Waals surface area contributed by atoms with Crippen LogP contribution in [0.4, 0.5) is 0 Å². The van der Waals surface area contributed by atoms with Gasteiger partial charge in [0.2, 0.25) is 0 Å². The molecule has 0 rings (SSSR count). The smallest absolute Gasteiger partial charge is 0.394 e. The summed E-state index contributed by atoms with van der Waals surface area (Å²) in [6.07, 6.45) is 12.2. The molecule has 28 heavy (non-hydrogen) atoms. The van der Waals surface area contributed by atoms with Crippen LogP contribution in [0.1, 0.15) is 90.9 Å². The minimum absolute atomic E-state index is 0.0617. The molecule has 0 heterocycles. The zero-order valence-corrected chi connectivity index (χ0v) is 18.6. The van der Waals surface area contributed by atoms with E-state index in [2.05, 4.69) is 18.0 Å². The highest BCUT2D eigenvalue weighted by atomic mass is 32.3. The van der Waals surface area contributed by atoms with E-state index < -0.39 is 16.5 Å². The number of hydrogen-bond acceptors (Lipinski definition) is 6. The van der Waals surface area contributed by atoms with Crippen molar-refractivity contribution in [1.82, 2.24) is 0 Å². The number of aliphatic hydroxyl groups excluding tert-OH is 1. The second-order valence-corrected chi connectivity index (χ2v) is 8.32. The van der Waals surface area contributed by atoms with Crippen molar-refractivity contribution < 1.29 is 31.7 Å². The van der Waals surface area contributed by atoms with E-state index in [4.69, 9.17) is 19.1 Å². The Hall–Kier alpha value is -0.250. The standard InChI is InChI=1S/C20H42O7S/c1-3-5-7-9-11-13-16-25-19(14-12-10-8-6-4-2)20(26-17-15-21)18-27-28(22,23)24/h19-21H,3-18H2,1-2H3,(H,22,23,24). The van der Waals surface area contributed by atoms with E-state index >= 15 is 0 Å². The maximum absolute atomic E-state index is 10.9. The molecule has 0 amide bonds. The maximum atomic E-state index is 10.9. The predicted octanol–water partition coefficient (Wildman–Crippen LogP) is 4.29.